The van der Waals surface area contributed by atoms with Crippen LogP contribution in [0, 0.1) is 0 Å². The topological polar surface area (TPSA) is 53.4 Å². The molecule has 0 spiro atoms. The number of aromatic nitrogens is 1. The minimum atomic E-state index is -0.0389. The van der Waals surface area contributed by atoms with Gasteiger partial charge in [0.25, 0.3) is 5.91 Å². The molecule has 0 saturated carbocycles. The third kappa shape index (κ3) is 5.17. The van der Waals surface area contributed by atoms with Crippen LogP contribution >= 0.6 is 11.6 Å². The normalized spacial score (nSPS) is 10.5. The Balaban J connectivity index is 2.63. The monoisotopic (exact) mass is 284 g/mol. The van der Waals surface area contributed by atoms with E-state index in [1.807, 2.05) is 6.92 Å². The Kier molecular flexibility index (Phi) is 6.81. The van der Waals surface area contributed by atoms with Crippen molar-refractivity contribution >= 4 is 17.5 Å². The average Bonchev–Trinajstić information content (AvgIpc) is 2.41. The first-order valence-corrected chi connectivity index (χ1v) is 6.99. The summed E-state index contributed by atoms with van der Waals surface area (Å²) in [7, 11) is 1.78. The molecule has 0 saturated heterocycles. The number of aliphatic hydroxyl groups is 1. The fraction of sp³-hybridized carbons (Fsp3) is 0.571. The molecular weight excluding hydrogens is 264 g/mol. The number of hydrogen-bond donors (Lipinski definition) is 1. The predicted molar refractivity (Wildman–Crippen MR) is 76.5 cm³/mol. The molecule has 1 aromatic heterocycles. The summed E-state index contributed by atoms with van der Waals surface area (Å²) >= 11 is 5.91. The second-order valence-corrected chi connectivity index (χ2v) is 4.92. The molecule has 0 aromatic carbocycles. The predicted octanol–water partition coefficient (Wildman–Crippen LogP) is 2.53. The van der Waals surface area contributed by atoms with Crippen LogP contribution < -0.4 is 0 Å². The molecule has 4 nitrogen and oxygen atoms in total. The third-order valence-corrected chi connectivity index (χ3v) is 3.15. The minimum Gasteiger partial charge on any atom is -0.396 e. The molecule has 19 heavy (non-hydrogen) atoms. The number of nitrogens with zero attached hydrogens (tertiary/aromatic N) is 2. The quantitative estimate of drug-likeness (QED) is 0.618. The first kappa shape index (κ1) is 15.9. The molecule has 0 aliphatic rings. The molecule has 0 aliphatic heterocycles. The van der Waals surface area contributed by atoms with Gasteiger partial charge in [-0.15, -0.1) is 0 Å². The van der Waals surface area contributed by atoms with Crippen molar-refractivity contribution in [3.8, 4) is 0 Å². The lowest BCUT2D eigenvalue weighted by atomic mass is 10.1. The van der Waals surface area contributed by atoms with Crippen LogP contribution in [0.1, 0.15) is 42.2 Å². The molecule has 0 atom stereocenters. The van der Waals surface area contributed by atoms with Gasteiger partial charge < -0.3 is 10.0 Å². The maximum Gasteiger partial charge on any atom is 0.253 e. The second kappa shape index (κ2) is 8.12. The van der Waals surface area contributed by atoms with Crippen LogP contribution in [0.15, 0.2) is 12.1 Å². The number of halogens is 1. The van der Waals surface area contributed by atoms with Crippen LogP contribution in [0.2, 0.25) is 5.15 Å². The molecule has 106 valence electrons. The van der Waals surface area contributed by atoms with Gasteiger partial charge in [-0.1, -0.05) is 18.5 Å². The van der Waals surface area contributed by atoms with E-state index < -0.39 is 0 Å². The standard InChI is InChI=1S/C14H21ClN2O2/c1-3-12-9-11(10-13(15)16-12)14(19)17(2)7-5-4-6-8-18/h9-10,18H,3-8H2,1-2H3. The summed E-state index contributed by atoms with van der Waals surface area (Å²) in [4.78, 5) is 18.0. The molecule has 1 amide bonds. The van der Waals surface area contributed by atoms with E-state index >= 15 is 0 Å². The van der Waals surface area contributed by atoms with Gasteiger partial charge in [0, 0.05) is 31.5 Å². The lowest BCUT2D eigenvalue weighted by Gasteiger charge is -2.17. The Morgan fingerprint density at radius 1 is 1.37 bits per heavy atom. The highest BCUT2D eigenvalue weighted by Crippen LogP contribution is 2.13. The third-order valence-electron chi connectivity index (χ3n) is 2.95. The summed E-state index contributed by atoms with van der Waals surface area (Å²) in [6, 6.07) is 3.39. The van der Waals surface area contributed by atoms with E-state index in [0.717, 1.165) is 31.4 Å². The number of amides is 1. The molecule has 1 N–H and O–H groups in total. The molecule has 5 heteroatoms. The summed E-state index contributed by atoms with van der Waals surface area (Å²) < 4.78 is 0. The van der Waals surface area contributed by atoms with Crippen LogP contribution in [0.5, 0.6) is 0 Å². The van der Waals surface area contributed by atoms with Gasteiger partial charge in [-0.25, -0.2) is 4.98 Å². The highest BCUT2D eigenvalue weighted by molar-refractivity contribution is 6.29. The fourth-order valence-corrected chi connectivity index (χ4v) is 2.04. The molecule has 1 rings (SSSR count). The molecule has 1 heterocycles. The molecule has 0 radical (unpaired) electrons. The van der Waals surface area contributed by atoms with Crippen LogP contribution in [-0.2, 0) is 6.42 Å². The average molecular weight is 285 g/mol. The summed E-state index contributed by atoms with van der Waals surface area (Å²) in [6.45, 7) is 2.86. The van der Waals surface area contributed by atoms with Gasteiger partial charge in [0.15, 0.2) is 0 Å². The zero-order valence-electron chi connectivity index (χ0n) is 11.5. The Bertz CT molecular complexity index is 424. The van der Waals surface area contributed by atoms with Gasteiger partial charge >= 0.3 is 0 Å². The highest BCUT2D eigenvalue weighted by Gasteiger charge is 2.13. The van der Waals surface area contributed by atoms with Crippen LogP contribution in [0.4, 0.5) is 0 Å². The summed E-state index contributed by atoms with van der Waals surface area (Å²) in [5.74, 6) is -0.0389. The van der Waals surface area contributed by atoms with E-state index in [1.165, 1.54) is 0 Å². The Morgan fingerprint density at radius 3 is 2.74 bits per heavy atom. The van der Waals surface area contributed by atoms with Crippen molar-refractivity contribution in [2.24, 2.45) is 0 Å². The van der Waals surface area contributed by atoms with E-state index in [0.29, 0.717) is 17.3 Å². The number of pyridine rings is 1. The van der Waals surface area contributed by atoms with Gasteiger partial charge in [0.1, 0.15) is 5.15 Å². The molecule has 0 bridgehead atoms. The fourth-order valence-electron chi connectivity index (χ4n) is 1.82. The van der Waals surface area contributed by atoms with Crippen molar-refractivity contribution < 1.29 is 9.90 Å². The number of hydrogen-bond acceptors (Lipinski definition) is 3. The Hall–Kier alpha value is -1.13. The maximum absolute atomic E-state index is 12.2. The number of aryl methyl sites for hydroxylation is 1. The Morgan fingerprint density at radius 2 is 2.11 bits per heavy atom. The van der Waals surface area contributed by atoms with Crippen LogP contribution in [-0.4, -0.2) is 41.1 Å². The van der Waals surface area contributed by atoms with E-state index in [2.05, 4.69) is 4.98 Å². The summed E-state index contributed by atoms with van der Waals surface area (Å²) in [5.41, 5.74) is 1.41. The van der Waals surface area contributed by atoms with Crippen molar-refractivity contribution in [1.82, 2.24) is 9.88 Å². The van der Waals surface area contributed by atoms with E-state index in [-0.39, 0.29) is 12.5 Å². The largest absolute Gasteiger partial charge is 0.396 e. The molecule has 0 aliphatic carbocycles. The van der Waals surface area contributed by atoms with Crippen LogP contribution in [0.25, 0.3) is 0 Å². The number of carbonyl (C=O) groups is 1. The van der Waals surface area contributed by atoms with E-state index in [9.17, 15) is 4.79 Å². The number of aliphatic hydroxyl groups excluding tert-OH is 1. The smallest absolute Gasteiger partial charge is 0.253 e. The maximum atomic E-state index is 12.2. The first-order valence-electron chi connectivity index (χ1n) is 6.61. The molecule has 0 unspecified atom stereocenters. The van der Waals surface area contributed by atoms with E-state index in [4.69, 9.17) is 16.7 Å². The van der Waals surface area contributed by atoms with Gasteiger partial charge in [0.2, 0.25) is 0 Å². The molecule has 1 aromatic rings. The van der Waals surface area contributed by atoms with Crippen molar-refractivity contribution in [2.45, 2.75) is 32.6 Å². The van der Waals surface area contributed by atoms with Crippen molar-refractivity contribution in [3.63, 3.8) is 0 Å². The minimum absolute atomic E-state index is 0.0389. The van der Waals surface area contributed by atoms with Crippen LogP contribution in [0.3, 0.4) is 0 Å². The number of carbonyl (C=O) groups excluding carboxylic acids is 1. The molecule has 0 fully saturated rings. The summed E-state index contributed by atoms with van der Waals surface area (Å²) in [6.07, 6.45) is 3.35. The first-order chi connectivity index (χ1) is 9.08. The van der Waals surface area contributed by atoms with Gasteiger partial charge in [-0.05, 0) is 37.8 Å². The number of unbranched alkanes of at least 4 members (excludes halogenated alkanes) is 2. The zero-order chi connectivity index (χ0) is 14.3. The highest BCUT2D eigenvalue weighted by atomic mass is 35.5. The Labute approximate surface area is 119 Å². The molecular formula is C14H21ClN2O2. The summed E-state index contributed by atoms with van der Waals surface area (Å²) in [5, 5.41) is 9.06. The lowest BCUT2D eigenvalue weighted by molar-refractivity contribution is 0.0792. The zero-order valence-corrected chi connectivity index (χ0v) is 12.3. The van der Waals surface area contributed by atoms with Crippen molar-refractivity contribution in [1.29, 1.82) is 0 Å². The van der Waals surface area contributed by atoms with Gasteiger partial charge in [-0.3, -0.25) is 4.79 Å². The van der Waals surface area contributed by atoms with Crippen molar-refractivity contribution in [2.75, 3.05) is 20.2 Å². The van der Waals surface area contributed by atoms with Gasteiger partial charge in [0.05, 0.1) is 0 Å². The van der Waals surface area contributed by atoms with E-state index in [1.54, 1.807) is 24.1 Å². The second-order valence-electron chi connectivity index (χ2n) is 4.53. The van der Waals surface area contributed by atoms with Crippen molar-refractivity contribution in [3.05, 3.63) is 28.5 Å². The number of rotatable bonds is 7. The van der Waals surface area contributed by atoms with Gasteiger partial charge in [-0.2, -0.15) is 0 Å². The SMILES string of the molecule is CCc1cc(C(=O)N(C)CCCCCO)cc(Cl)n1. The lowest BCUT2D eigenvalue weighted by Crippen LogP contribution is -2.28.